The number of carbonyl (C=O) groups is 2. The lowest BCUT2D eigenvalue weighted by atomic mass is 9.84. The van der Waals surface area contributed by atoms with Crippen LogP contribution in [-0.2, 0) is 14.3 Å². The van der Waals surface area contributed by atoms with Gasteiger partial charge in [0.15, 0.2) is 0 Å². The van der Waals surface area contributed by atoms with E-state index in [1.165, 1.54) is 18.4 Å². The van der Waals surface area contributed by atoms with Crippen LogP contribution in [0.15, 0.2) is 5.38 Å². The fourth-order valence-electron chi connectivity index (χ4n) is 2.02. The van der Waals surface area contributed by atoms with E-state index in [1.807, 2.05) is 6.92 Å². The molecule has 0 spiro atoms. The van der Waals surface area contributed by atoms with E-state index >= 15 is 0 Å². The molecule has 20 heavy (non-hydrogen) atoms. The van der Waals surface area contributed by atoms with Crippen LogP contribution in [-0.4, -0.2) is 38.2 Å². The third-order valence-corrected chi connectivity index (χ3v) is 4.70. The van der Waals surface area contributed by atoms with Gasteiger partial charge in [0, 0.05) is 6.04 Å². The molecule has 1 saturated heterocycles. The van der Waals surface area contributed by atoms with E-state index in [-0.39, 0.29) is 18.6 Å². The maximum absolute atomic E-state index is 12.4. The summed E-state index contributed by atoms with van der Waals surface area (Å²) >= 11 is 1.24. The number of nitrogens with two attached hydrogens (primary N) is 1. The van der Waals surface area contributed by atoms with Gasteiger partial charge in [-0.05, 0) is 24.8 Å². The van der Waals surface area contributed by atoms with Crippen molar-refractivity contribution < 1.29 is 19.1 Å². The summed E-state index contributed by atoms with van der Waals surface area (Å²) in [6, 6.07) is -0.358. The summed E-state index contributed by atoms with van der Waals surface area (Å²) in [6.45, 7) is 4.22. The van der Waals surface area contributed by atoms with E-state index in [4.69, 9.17) is 15.2 Å². The Labute approximate surface area is 121 Å². The molecule has 110 valence electrons. The molecule has 1 fully saturated rings. The number of ether oxygens (including phenoxy) is 2. The van der Waals surface area contributed by atoms with Gasteiger partial charge in [-0.15, -0.1) is 11.3 Å². The average molecular weight is 298 g/mol. The predicted molar refractivity (Wildman–Crippen MR) is 75.9 cm³/mol. The molecule has 1 aliphatic heterocycles. The minimum absolute atomic E-state index is 0.242. The van der Waals surface area contributed by atoms with E-state index in [9.17, 15) is 9.59 Å². The van der Waals surface area contributed by atoms with Gasteiger partial charge >= 0.3 is 5.97 Å². The zero-order valence-electron chi connectivity index (χ0n) is 11.7. The lowest BCUT2D eigenvalue weighted by molar-refractivity contribution is -0.125. The maximum Gasteiger partial charge on any atom is 0.350 e. The zero-order chi connectivity index (χ0) is 14.9. The van der Waals surface area contributed by atoms with Crippen molar-refractivity contribution in [1.82, 2.24) is 0 Å². The van der Waals surface area contributed by atoms with Gasteiger partial charge in [-0.1, -0.05) is 0 Å². The summed E-state index contributed by atoms with van der Waals surface area (Å²) in [5.74, 6) is -0.704. The molecule has 2 atom stereocenters. The van der Waals surface area contributed by atoms with Crippen LogP contribution >= 0.6 is 11.3 Å². The number of rotatable bonds is 3. The standard InChI is InChI=1S/C13H18N2O4S/c1-7-5-20-10(11(16)18-3)9(7)15-12(17)13(2)6-19-4-8(13)14/h5,8H,4,6,14H2,1-3H3,(H,15,17). The summed E-state index contributed by atoms with van der Waals surface area (Å²) in [4.78, 5) is 24.5. The minimum atomic E-state index is -0.790. The third-order valence-electron chi connectivity index (χ3n) is 3.62. The normalized spacial score (nSPS) is 25.5. The number of anilines is 1. The molecule has 6 nitrogen and oxygen atoms in total. The fraction of sp³-hybridized carbons (Fsp3) is 0.538. The molecule has 2 heterocycles. The lowest BCUT2D eigenvalue weighted by Gasteiger charge is -2.25. The van der Waals surface area contributed by atoms with Gasteiger partial charge in [0.1, 0.15) is 4.88 Å². The highest BCUT2D eigenvalue weighted by Crippen LogP contribution is 2.33. The number of amides is 1. The van der Waals surface area contributed by atoms with Crippen molar-refractivity contribution in [2.75, 3.05) is 25.6 Å². The minimum Gasteiger partial charge on any atom is -0.465 e. The smallest absolute Gasteiger partial charge is 0.350 e. The SMILES string of the molecule is COC(=O)c1scc(C)c1NC(=O)C1(C)COCC1N. The Morgan fingerprint density at radius 1 is 1.60 bits per heavy atom. The predicted octanol–water partition coefficient (Wildman–Crippen LogP) is 1.15. The molecule has 0 bridgehead atoms. The Kier molecular flexibility index (Phi) is 4.12. The molecule has 1 amide bonds. The van der Waals surface area contributed by atoms with Crippen LogP contribution < -0.4 is 11.1 Å². The lowest BCUT2D eigenvalue weighted by Crippen LogP contribution is -2.47. The van der Waals surface area contributed by atoms with E-state index in [2.05, 4.69) is 5.32 Å². The highest BCUT2D eigenvalue weighted by atomic mass is 32.1. The number of hydrogen-bond donors (Lipinski definition) is 2. The highest BCUT2D eigenvalue weighted by Gasteiger charge is 2.44. The van der Waals surface area contributed by atoms with Gasteiger partial charge in [-0.2, -0.15) is 0 Å². The summed E-state index contributed by atoms with van der Waals surface area (Å²) < 4.78 is 9.98. The number of hydrogen-bond acceptors (Lipinski definition) is 6. The monoisotopic (exact) mass is 298 g/mol. The zero-order valence-corrected chi connectivity index (χ0v) is 12.5. The van der Waals surface area contributed by atoms with Crippen molar-refractivity contribution in [2.24, 2.45) is 11.1 Å². The van der Waals surface area contributed by atoms with Crippen molar-refractivity contribution in [3.8, 4) is 0 Å². The van der Waals surface area contributed by atoms with Crippen molar-refractivity contribution in [3.05, 3.63) is 15.8 Å². The van der Waals surface area contributed by atoms with Crippen LogP contribution in [0, 0.1) is 12.3 Å². The van der Waals surface area contributed by atoms with Crippen LogP contribution in [0.2, 0.25) is 0 Å². The van der Waals surface area contributed by atoms with Crippen molar-refractivity contribution in [3.63, 3.8) is 0 Å². The fourth-order valence-corrected chi connectivity index (χ4v) is 2.94. The topological polar surface area (TPSA) is 90.6 Å². The Morgan fingerprint density at radius 3 is 2.85 bits per heavy atom. The second-order valence-electron chi connectivity index (χ2n) is 5.11. The van der Waals surface area contributed by atoms with Gasteiger partial charge in [0.25, 0.3) is 0 Å². The molecule has 2 rings (SSSR count). The average Bonchev–Trinajstić information content (AvgIpc) is 2.95. The molecule has 2 unspecified atom stereocenters. The van der Waals surface area contributed by atoms with Gasteiger partial charge in [0.2, 0.25) is 5.91 Å². The molecule has 0 aliphatic carbocycles. The van der Waals surface area contributed by atoms with Crippen LogP contribution in [0.4, 0.5) is 5.69 Å². The number of thiophene rings is 1. The summed E-state index contributed by atoms with van der Waals surface area (Å²) in [7, 11) is 1.31. The Balaban J connectivity index is 2.24. The Morgan fingerprint density at radius 2 is 2.30 bits per heavy atom. The number of aryl methyl sites for hydroxylation is 1. The summed E-state index contributed by atoms with van der Waals surface area (Å²) in [5.41, 5.74) is 6.45. The maximum atomic E-state index is 12.4. The van der Waals surface area contributed by atoms with Crippen molar-refractivity contribution in [2.45, 2.75) is 19.9 Å². The van der Waals surface area contributed by atoms with E-state index in [1.54, 1.807) is 12.3 Å². The molecule has 0 aromatic carbocycles. The number of carbonyl (C=O) groups excluding carboxylic acids is 2. The first-order chi connectivity index (χ1) is 9.40. The van der Waals surface area contributed by atoms with E-state index < -0.39 is 11.4 Å². The second kappa shape index (κ2) is 5.51. The largest absolute Gasteiger partial charge is 0.465 e. The molecular formula is C13H18N2O4S. The molecule has 3 N–H and O–H groups in total. The molecule has 1 aromatic heterocycles. The number of methoxy groups -OCH3 is 1. The molecule has 7 heteroatoms. The third kappa shape index (κ3) is 2.44. The first kappa shape index (κ1) is 15.0. The Hall–Kier alpha value is -1.44. The van der Waals surface area contributed by atoms with Crippen LogP contribution in [0.5, 0.6) is 0 Å². The molecule has 1 aromatic rings. The van der Waals surface area contributed by atoms with Crippen molar-refractivity contribution in [1.29, 1.82) is 0 Å². The Bertz CT molecular complexity index is 542. The van der Waals surface area contributed by atoms with Gasteiger partial charge in [0.05, 0.1) is 31.4 Å². The van der Waals surface area contributed by atoms with E-state index in [0.717, 1.165) is 5.56 Å². The van der Waals surface area contributed by atoms with E-state index in [0.29, 0.717) is 17.2 Å². The van der Waals surface area contributed by atoms with Gasteiger partial charge < -0.3 is 20.5 Å². The first-order valence-electron chi connectivity index (χ1n) is 6.21. The van der Waals surface area contributed by atoms with Gasteiger partial charge in [-0.25, -0.2) is 4.79 Å². The molecule has 1 aliphatic rings. The quantitative estimate of drug-likeness (QED) is 0.817. The number of esters is 1. The van der Waals surface area contributed by atoms with Crippen molar-refractivity contribution >= 4 is 28.9 Å². The highest BCUT2D eigenvalue weighted by molar-refractivity contribution is 7.12. The second-order valence-corrected chi connectivity index (χ2v) is 5.99. The van der Waals surface area contributed by atoms with Crippen LogP contribution in [0.1, 0.15) is 22.2 Å². The summed E-state index contributed by atoms with van der Waals surface area (Å²) in [6.07, 6.45) is 0. The summed E-state index contributed by atoms with van der Waals surface area (Å²) in [5, 5.41) is 4.60. The molecular weight excluding hydrogens is 280 g/mol. The first-order valence-corrected chi connectivity index (χ1v) is 7.09. The van der Waals surface area contributed by atoms with Gasteiger partial charge in [-0.3, -0.25) is 4.79 Å². The molecule has 0 saturated carbocycles. The molecule has 0 radical (unpaired) electrons. The van der Waals surface area contributed by atoms with Crippen LogP contribution in [0.3, 0.4) is 0 Å². The number of nitrogens with one attached hydrogen (secondary N) is 1. The van der Waals surface area contributed by atoms with Crippen LogP contribution in [0.25, 0.3) is 0 Å².